The monoisotopic (exact) mass is 355 g/mol. The third-order valence-electron chi connectivity index (χ3n) is 5.80. The summed E-state index contributed by atoms with van der Waals surface area (Å²) in [6, 6.07) is 5.95. The molecule has 1 amide bonds. The number of amides is 1. The van der Waals surface area contributed by atoms with Crippen LogP contribution in [0.25, 0.3) is 0 Å². The maximum absolute atomic E-state index is 12.4. The summed E-state index contributed by atoms with van der Waals surface area (Å²) in [6.07, 6.45) is 7.96. The first-order valence-corrected chi connectivity index (χ1v) is 9.38. The zero-order valence-electron chi connectivity index (χ0n) is 15.0. The molecule has 0 aliphatic carbocycles. The molecule has 26 heavy (non-hydrogen) atoms. The number of pyridine rings is 1. The number of likely N-dealkylation sites (tertiary alicyclic amines) is 2. The van der Waals surface area contributed by atoms with Crippen molar-refractivity contribution in [1.29, 1.82) is 0 Å². The molecule has 2 saturated heterocycles. The SMILES string of the molecule is O=C1CCC2(CCN(Cc3ncon3)CC2)CN1CCc1ccccn1. The lowest BCUT2D eigenvalue weighted by molar-refractivity contribution is -0.139. The van der Waals surface area contributed by atoms with Crippen molar-refractivity contribution >= 4 is 5.91 Å². The Morgan fingerprint density at radius 1 is 1.15 bits per heavy atom. The molecular formula is C19H25N5O2. The average molecular weight is 355 g/mol. The van der Waals surface area contributed by atoms with Gasteiger partial charge in [0.15, 0.2) is 5.82 Å². The van der Waals surface area contributed by atoms with Crippen molar-refractivity contribution in [1.82, 2.24) is 24.9 Å². The fraction of sp³-hybridized carbons (Fsp3) is 0.579. The lowest BCUT2D eigenvalue weighted by atomic mass is 9.72. The van der Waals surface area contributed by atoms with E-state index in [0.717, 1.165) is 69.9 Å². The first-order valence-electron chi connectivity index (χ1n) is 9.38. The Balaban J connectivity index is 1.32. The van der Waals surface area contributed by atoms with E-state index in [0.29, 0.717) is 12.3 Å². The largest absolute Gasteiger partial charge is 0.343 e. The first kappa shape index (κ1) is 17.1. The number of aromatic nitrogens is 3. The van der Waals surface area contributed by atoms with Gasteiger partial charge in [-0.2, -0.15) is 4.98 Å². The molecule has 0 aromatic carbocycles. The molecule has 0 atom stereocenters. The maximum Gasteiger partial charge on any atom is 0.222 e. The summed E-state index contributed by atoms with van der Waals surface area (Å²) in [5.74, 6) is 1.04. The second kappa shape index (κ2) is 7.53. The molecular weight excluding hydrogens is 330 g/mol. The van der Waals surface area contributed by atoms with Crippen LogP contribution in [-0.4, -0.2) is 57.0 Å². The quantitative estimate of drug-likeness (QED) is 0.816. The van der Waals surface area contributed by atoms with Crippen LogP contribution in [0.3, 0.4) is 0 Å². The number of rotatable bonds is 5. The van der Waals surface area contributed by atoms with Gasteiger partial charge < -0.3 is 9.42 Å². The minimum absolute atomic E-state index is 0.270. The summed E-state index contributed by atoms with van der Waals surface area (Å²) in [5.41, 5.74) is 1.32. The normalized spacial score (nSPS) is 20.6. The third kappa shape index (κ3) is 3.93. The van der Waals surface area contributed by atoms with Crippen LogP contribution < -0.4 is 0 Å². The Morgan fingerprint density at radius 3 is 2.77 bits per heavy atom. The Kier molecular flexibility index (Phi) is 4.97. The number of carbonyl (C=O) groups is 1. The number of hydrogen-bond acceptors (Lipinski definition) is 6. The molecule has 2 aromatic heterocycles. The zero-order valence-corrected chi connectivity index (χ0v) is 15.0. The van der Waals surface area contributed by atoms with Crippen LogP contribution in [0.5, 0.6) is 0 Å². The second-order valence-electron chi connectivity index (χ2n) is 7.51. The van der Waals surface area contributed by atoms with Gasteiger partial charge in [-0.05, 0) is 49.9 Å². The van der Waals surface area contributed by atoms with Gasteiger partial charge in [0, 0.05) is 37.8 Å². The van der Waals surface area contributed by atoms with E-state index in [1.165, 1.54) is 6.39 Å². The average Bonchev–Trinajstić information content (AvgIpc) is 3.19. The fourth-order valence-electron chi connectivity index (χ4n) is 4.16. The summed E-state index contributed by atoms with van der Waals surface area (Å²) < 4.78 is 4.82. The molecule has 2 fully saturated rings. The molecule has 2 aromatic rings. The van der Waals surface area contributed by atoms with Crippen molar-refractivity contribution in [2.24, 2.45) is 5.41 Å². The van der Waals surface area contributed by atoms with E-state index >= 15 is 0 Å². The smallest absolute Gasteiger partial charge is 0.222 e. The molecule has 0 bridgehead atoms. The predicted octanol–water partition coefficient (Wildman–Crippen LogP) is 1.91. The Morgan fingerprint density at radius 2 is 2.04 bits per heavy atom. The predicted molar refractivity (Wildman–Crippen MR) is 95.0 cm³/mol. The van der Waals surface area contributed by atoms with Gasteiger partial charge in [-0.15, -0.1) is 0 Å². The highest BCUT2D eigenvalue weighted by Gasteiger charge is 2.40. The Hall–Kier alpha value is -2.28. The van der Waals surface area contributed by atoms with E-state index in [1.807, 2.05) is 24.4 Å². The van der Waals surface area contributed by atoms with E-state index in [2.05, 4.69) is 24.9 Å². The van der Waals surface area contributed by atoms with Gasteiger partial charge >= 0.3 is 0 Å². The van der Waals surface area contributed by atoms with Gasteiger partial charge in [-0.1, -0.05) is 11.2 Å². The minimum atomic E-state index is 0.270. The molecule has 2 aliphatic heterocycles. The lowest BCUT2D eigenvalue weighted by Crippen LogP contribution is -2.51. The molecule has 7 nitrogen and oxygen atoms in total. The molecule has 4 heterocycles. The van der Waals surface area contributed by atoms with E-state index in [9.17, 15) is 4.79 Å². The summed E-state index contributed by atoms with van der Waals surface area (Å²) in [6.45, 7) is 4.45. The molecule has 2 aliphatic rings. The van der Waals surface area contributed by atoms with E-state index in [1.54, 1.807) is 0 Å². The molecule has 0 unspecified atom stereocenters. The van der Waals surface area contributed by atoms with Crippen LogP contribution >= 0.6 is 0 Å². The van der Waals surface area contributed by atoms with Gasteiger partial charge in [-0.3, -0.25) is 14.7 Å². The zero-order chi connectivity index (χ0) is 17.8. The summed E-state index contributed by atoms with van der Waals surface area (Å²) >= 11 is 0. The van der Waals surface area contributed by atoms with Crippen molar-refractivity contribution in [3.8, 4) is 0 Å². The topological polar surface area (TPSA) is 75.4 Å². The van der Waals surface area contributed by atoms with Gasteiger partial charge in [0.25, 0.3) is 0 Å². The summed E-state index contributed by atoms with van der Waals surface area (Å²) in [4.78, 5) is 25.3. The third-order valence-corrected chi connectivity index (χ3v) is 5.80. The standard InChI is InChI=1S/C19H25N5O2/c25-18-4-6-19(14-24(18)10-5-16-3-1-2-9-20-16)7-11-23(12-8-19)13-17-21-15-26-22-17/h1-3,9,15H,4-8,10-14H2. The first-order chi connectivity index (χ1) is 12.7. The molecule has 4 rings (SSSR count). The van der Waals surface area contributed by atoms with Crippen molar-refractivity contribution in [2.45, 2.75) is 38.6 Å². The van der Waals surface area contributed by atoms with Crippen molar-refractivity contribution < 1.29 is 9.32 Å². The number of nitrogens with zero attached hydrogens (tertiary/aromatic N) is 5. The summed E-state index contributed by atoms with van der Waals surface area (Å²) in [7, 11) is 0. The Labute approximate surface area is 153 Å². The molecule has 138 valence electrons. The van der Waals surface area contributed by atoms with Crippen LogP contribution in [0.2, 0.25) is 0 Å². The number of hydrogen-bond donors (Lipinski definition) is 0. The lowest BCUT2D eigenvalue weighted by Gasteiger charge is -2.47. The van der Waals surface area contributed by atoms with E-state index in [4.69, 9.17) is 4.52 Å². The molecule has 0 N–H and O–H groups in total. The fourth-order valence-corrected chi connectivity index (χ4v) is 4.16. The van der Waals surface area contributed by atoms with E-state index < -0.39 is 0 Å². The van der Waals surface area contributed by atoms with Crippen LogP contribution in [0, 0.1) is 5.41 Å². The molecule has 1 spiro atoms. The number of carbonyl (C=O) groups excluding carboxylic acids is 1. The second-order valence-corrected chi connectivity index (χ2v) is 7.51. The van der Waals surface area contributed by atoms with Gasteiger partial charge in [0.2, 0.25) is 12.3 Å². The molecule has 7 heteroatoms. The summed E-state index contributed by atoms with van der Waals surface area (Å²) in [5, 5.41) is 3.90. The van der Waals surface area contributed by atoms with Crippen LogP contribution in [-0.2, 0) is 17.8 Å². The van der Waals surface area contributed by atoms with Gasteiger partial charge in [0.1, 0.15) is 0 Å². The molecule has 0 radical (unpaired) electrons. The van der Waals surface area contributed by atoms with Crippen molar-refractivity contribution in [3.05, 3.63) is 42.3 Å². The van der Waals surface area contributed by atoms with Crippen molar-refractivity contribution in [3.63, 3.8) is 0 Å². The van der Waals surface area contributed by atoms with Gasteiger partial charge in [-0.25, -0.2) is 0 Å². The Bertz CT molecular complexity index is 711. The van der Waals surface area contributed by atoms with E-state index in [-0.39, 0.29) is 5.41 Å². The van der Waals surface area contributed by atoms with Crippen LogP contribution in [0.4, 0.5) is 0 Å². The van der Waals surface area contributed by atoms with Crippen LogP contribution in [0.1, 0.15) is 37.2 Å². The highest BCUT2D eigenvalue weighted by Crippen LogP contribution is 2.40. The molecule has 0 saturated carbocycles. The maximum atomic E-state index is 12.4. The minimum Gasteiger partial charge on any atom is -0.343 e. The highest BCUT2D eigenvalue weighted by molar-refractivity contribution is 5.77. The van der Waals surface area contributed by atoms with Crippen molar-refractivity contribution in [2.75, 3.05) is 26.2 Å². The highest BCUT2D eigenvalue weighted by atomic mass is 16.5. The van der Waals surface area contributed by atoms with Crippen LogP contribution in [0.15, 0.2) is 35.3 Å². The van der Waals surface area contributed by atoms with Gasteiger partial charge in [0.05, 0.1) is 6.54 Å². The number of piperidine rings is 2.